The Morgan fingerprint density at radius 3 is 2.65 bits per heavy atom. The highest BCUT2D eigenvalue weighted by Crippen LogP contribution is 2.42. The summed E-state index contributed by atoms with van der Waals surface area (Å²) in [5.74, 6) is 0.595. The quantitative estimate of drug-likeness (QED) is 0.360. The summed E-state index contributed by atoms with van der Waals surface area (Å²) in [6.45, 7) is 0.159. The predicted molar refractivity (Wildman–Crippen MR) is 115 cm³/mol. The summed E-state index contributed by atoms with van der Waals surface area (Å²) in [4.78, 5) is 26.5. The minimum absolute atomic E-state index is 0.159. The van der Waals surface area contributed by atoms with E-state index in [4.69, 9.17) is 22.1 Å². The molecule has 31 heavy (non-hydrogen) atoms. The number of methoxy groups -OCH3 is 1. The zero-order chi connectivity index (χ0) is 22.8. The van der Waals surface area contributed by atoms with Crippen molar-refractivity contribution in [1.82, 2.24) is 10.3 Å². The number of fused-ring (bicyclic) bond motifs is 1. The van der Waals surface area contributed by atoms with Gasteiger partial charge in [0.1, 0.15) is 5.75 Å². The van der Waals surface area contributed by atoms with Crippen molar-refractivity contribution < 1.29 is 22.7 Å². The number of nitrogens with two attached hydrogens (primary N) is 1. The first-order valence-corrected chi connectivity index (χ1v) is 10.3. The number of carbonyl (C=O) groups is 1. The van der Waals surface area contributed by atoms with Gasteiger partial charge in [-0.2, -0.15) is 13.2 Å². The lowest BCUT2D eigenvalue weighted by Crippen LogP contribution is -2.31. The molecule has 0 fully saturated rings. The van der Waals surface area contributed by atoms with Gasteiger partial charge >= 0.3 is 12.2 Å². The summed E-state index contributed by atoms with van der Waals surface area (Å²) in [6.07, 6.45) is -4.57. The first kappa shape index (κ1) is 22.8. The first-order chi connectivity index (χ1) is 14.6. The molecule has 0 aliphatic heterocycles. The van der Waals surface area contributed by atoms with Crippen LogP contribution in [-0.4, -0.2) is 30.4 Å². The minimum atomic E-state index is -4.57. The van der Waals surface area contributed by atoms with Gasteiger partial charge in [-0.25, -0.2) is 4.79 Å². The fourth-order valence-corrected chi connectivity index (χ4v) is 4.19. The number of benzene rings is 2. The van der Waals surface area contributed by atoms with Crippen LogP contribution >= 0.6 is 23.4 Å². The second-order valence-corrected chi connectivity index (χ2v) is 7.94. The summed E-state index contributed by atoms with van der Waals surface area (Å²) >= 11 is 7.21. The molecule has 0 unspecified atom stereocenters. The lowest BCUT2D eigenvalue weighted by molar-refractivity contribution is -0.137. The molecule has 2 aromatic carbocycles. The largest absolute Gasteiger partial charge is 0.496 e. The Bertz CT molecular complexity index is 1200. The van der Waals surface area contributed by atoms with Crippen LogP contribution in [0.4, 0.5) is 18.0 Å². The Kier molecular flexibility index (Phi) is 6.71. The highest BCUT2D eigenvalue weighted by molar-refractivity contribution is 7.99. The summed E-state index contributed by atoms with van der Waals surface area (Å²) in [5, 5.41) is 2.91. The minimum Gasteiger partial charge on any atom is -0.496 e. The van der Waals surface area contributed by atoms with Crippen molar-refractivity contribution in [1.29, 1.82) is 0 Å². The van der Waals surface area contributed by atoms with Gasteiger partial charge in [0.15, 0.2) is 0 Å². The molecule has 6 nitrogen and oxygen atoms in total. The maximum Gasteiger partial charge on any atom is 0.416 e. The van der Waals surface area contributed by atoms with Crippen LogP contribution in [0, 0.1) is 0 Å². The smallest absolute Gasteiger partial charge is 0.416 e. The van der Waals surface area contributed by atoms with Crippen molar-refractivity contribution in [2.45, 2.75) is 11.1 Å². The molecule has 0 saturated carbocycles. The lowest BCUT2D eigenvalue weighted by atomic mass is 9.98. The number of rotatable bonds is 6. The number of nitrogens with one attached hydrogen (secondary N) is 2. The maximum atomic E-state index is 13.4. The molecule has 11 heteroatoms. The molecule has 164 valence electrons. The summed E-state index contributed by atoms with van der Waals surface area (Å²) in [5.41, 5.74) is 4.55. The molecule has 4 N–H and O–H groups in total. The normalized spacial score (nSPS) is 11.5. The second-order valence-electron chi connectivity index (χ2n) is 6.40. The van der Waals surface area contributed by atoms with Gasteiger partial charge in [0.2, 0.25) is 0 Å². The summed E-state index contributed by atoms with van der Waals surface area (Å²) < 4.78 is 45.5. The highest BCUT2D eigenvalue weighted by atomic mass is 35.5. The van der Waals surface area contributed by atoms with Crippen LogP contribution in [0.2, 0.25) is 5.02 Å². The third-order valence-corrected chi connectivity index (χ3v) is 5.70. The van der Waals surface area contributed by atoms with Crippen LogP contribution in [0.5, 0.6) is 5.75 Å². The van der Waals surface area contributed by atoms with E-state index in [0.29, 0.717) is 16.3 Å². The number of alkyl halides is 3. The van der Waals surface area contributed by atoms with Crippen LogP contribution in [-0.2, 0) is 6.18 Å². The molecular weight excluding hydrogens is 455 g/mol. The summed E-state index contributed by atoms with van der Waals surface area (Å²) in [6, 6.07) is 7.04. The average molecular weight is 472 g/mol. The van der Waals surface area contributed by atoms with E-state index in [2.05, 4.69) is 10.3 Å². The van der Waals surface area contributed by atoms with Crippen LogP contribution < -0.4 is 21.3 Å². The SMILES string of the molecule is COc1ccc(Cl)cc1-c1c(SCCNC(N)=O)c(=O)[nH]c2ccc(C(F)(F)F)cc12. The van der Waals surface area contributed by atoms with Gasteiger partial charge in [-0.3, -0.25) is 4.79 Å². The summed E-state index contributed by atoms with van der Waals surface area (Å²) in [7, 11) is 1.41. The van der Waals surface area contributed by atoms with E-state index in [9.17, 15) is 22.8 Å². The van der Waals surface area contributed by atoms with E-state index < -0.39 is 23.3 Å². The average Bonchev–Trinajstić information content (AvgIpc) is 2.69. The highest BCUT2D eigenvalue weighted by Gasteiger charge is 2.31. The van der Waals surface area contributed by atoms with E-state index >= 15 is 0 Å². The molecule has 1 aromatic heterocycles. The standard InChI is InChI=1S/C20H17ClF3N3O3S/c1-30-15-5-3-11(21)9-13(15)16-12-8-10(20(22,23)24)2-4-14(12)27-18(28)17(16)31-7-6-26-19(25)29/h2-5,8-9H,6-7H2,1H3,(H,27,28)(H3,25,26,29). The van der Waals surface area contributed by atoms with E-state index in [0.717, 1.165) is 23.9 Å². The van der Waals surface area contributed by atoms with Crippen molar-refractivity contribution in [2.24, 2.45) is 5.73 Å². The molecular formula is C20H17ClF3N3O3S. The van der Waals surface area contributed by atoms with Crippen LogP contribution in [0.1, 0.15) is 5.56 Å². The number of carbonyl (C=O) groups excluding carboxylic acids is 1. The number of pyridine rings is 1. The van der Waals surface area contributed by atoms with Crippen molar-refractivity contribution in [2.75, 3.05) is 19.4 Å². The third-order valence-electron chi connectivity index (χ3n) is 4.38. The number of aromatic nitrogens is 1. The van der Waals surface area contributed by atoms with Gasteiger partial charge in [-0.1, -0.05) is 11.6 Å². The molecule has 2 amide bonds. The molecule has 0 aliphatic rings. The van der Waals surface area contributed by atoms with Gasteiger partial charge in [0.25, 0.3) is 5.56 Å². The Morgan fingerprint density at radius 2 is 2.00 bits per heavy atom. The van der Waals surface area contributed by atoms with Gasteiger partial charge < -0.3 is 20.8 Å². The van der Waals surface area contributed by atoms with Gasteiger partial charge in [0, 0.05) is 39.4 Å². The molecule has 0 saturated heterocycles. The Hall–Kier alpha value is -2.85. The zero-order valence-corrected chi connectivity index (χ0v) is 17.7. The number of aromatic amines is 1. The molecule has 3 aromatic rings. The van der Waals surface area contributed by atoms with Crippen molar-refractivity contribution in [3.63, 3.8) is 0 Å². The van der Waals surface area contributed by atoms with E-state index in [1.807, 2.05) is 0 Å². The number of ether oxygens (including phenoxy) is 1. The van der Waals surface area contributed by atoms with Crippen LogP contribution in [0.15, 0.2) is 46.1 Å². The van der Waals surface area contributed by atoms with E-state index in [-0.39, 0.29) is 33.7 Å². The maximum absolute atomic E-state index is 13.4. The zero-order valence-electron chi connectivity index (χ0n) is 16.1. The molecule has 0 bridgehead atoms. The molecule has 0 atom stereocenters. The van der Waals surface area contributed by atoms with Crippen LogP contribution in [0.3, 0.4) is 0 Å². The molecule has 1 heterocycles. The lowest BCUT2D eigenvalue weighted by Gasteiger charge is -2.17. The van der Waals surface area contributed by atoms with Crippen molar-refractivity contribution in [3.8, 4) is 16.9 Å². The topological polar surface area (TPSA) is 97.2 Å². The van der Waals surface area contributed by atoms with E-state index in [1.165, 1.54) is 19.2 Å². The van der Waals surface area contributed by atoms with E-state index in [1.54, 1.807) is 12.1 Å². The monoisotopic (exact) mass is 471 g/mol. The number of hydrogen-bond acceptors (Lipinski definition) is 4. The Labute approximate surface area is 183 Å². The number of H-pyrrole nitrogens is 1. The number of amides is 2. The fourth-order valence-electron chi connectivity index (χ4n) is 3.06. The van der Waals surface area contributed by atoms with Gasteiger partial charge in [-0.05, 0) is 36.4 Å². The van der Waals surface area contributed by atoms with Crippen molar-refractivity contribution >= 4 is 40.3 Å². The van der Waals surface area contributed by atoms with Gasteiger partial charge in [-0.15, -0.1) is 11.8 Å². The second kappa shape index (κ2) is 9.11. The molecule has 0 spiro atoms. The molecule has 3 rings (SSSR count). The number of primary amides is 1. The number of thioether (sulfide) groups is 1. The third kappa shape index (κ3) is 5.08. The first-order valence-electron chi connectivity index (χ1n) is 8.89. The molecule has 0 aliphatic carbocycles. The fraction of sp³-hybridized carbons (Fsp3) is 0.200. The Morgan fingerprint density at radius 1 is 1.26 bits per heavy atom. The Balaban J connectivity index is 2.29. The van der Waals surface area contributed by atoms with Crippen molar-refractivity contribution in [3.05, 3.63) is 57.3 Å². The number of urea groups is 1. The molecule has 0 radical (unpaired) electrons. The number of hydrogen-bond donors (Lipinski definition) is 3. The predicted octanol–water partition coefficient (Wildman–Crippen LogP) is 4.64. The van der Waals surface area contributed by atoms with Gasteiger partial charge in [0.05, 0.1) is 17.6 Å². The van der Waals surface area contributed by atoms with Crippen LogP contribution in [0.25, 0.3) is 22.0 Å². The number of halogens is 4.